The van der Waals surface area contributed by atoms with Crippen LogP contribution in [0.15, 0.2) is 53.8 Å². The van der Waals surface area contributed by atoms with Crippen LogP contribution in [0, 0.1) is 17.2 Å². The first-order valence-corrected chi connectivity index (χ1v) is 14.9. The number of fused-ring (bicyclic) bond motifs is 4. The summed E-state index contributed by atoms with van der Waals surface area (Å²) in [6.07, 6.45) is 9.81. The number of benzene rings is 1. The van der Waals surface area contributed by atoms with Crippen molar-refractivity contribution in [1.29, 1.82) is 5.26 Å². The van der Waals surface area contributed by atoms with Crippen molar-refractivity contribution in [2.24, 2.45) is 13.0 Å². The van der Waals surface area contributed by atoms with Gasteiger partial charge in [0.15, 0.2) is 11.3 Å². The predicted octanol–water partition coefficient (Wildman–Crippen LogP) is 3.60. The van der Waals surface area contributed by atoms with Gasteiger partial charge in [0.1, 0.15) is 6.07 Å². The van der Waals surface area contributed by atoms with Gasteiger partial charge in [-0.2, -0.15) is 10.4 Å². The Kier molecular flexibility index (Phi) is 5.29. The molecule has 202 valence electrons. The maximum atomic E-state index is 13.5. The fourth-order valence-corrected chi connectivity index (χ4v) is 6.47. The molecule has 1 saturated carbocycles. The van der Waals surface area contributed by atoms with Crippen LogP contribution in [0.2, 0.25) is 5.02 Å². The van der Waals surface area contributed by atoms with E-state index in [1.54, 1.807) is 58.3 Å². The van der Waals surface area contributed by atoms with Gasteiger partial charge in [0.05, 0.1) is 40.7 Å². The second-order valence-corrected chi connectivity index (χ2v) is 12.7. The summed E-state index contributed by atoms with van der Waals surface area (Å²) >= 11 is 6.33. The van der Waals surface area contributed by atoms with Gasteiger partial charge in [-0.25, -0.2) is 22.2 Å². The molecule has 0 N–H and O–H groups in total. The highest BCUT2D eigenvalue weighted by molar-refractivity contribution is 7.89. The highest BCUT2D eigenvalue weighted by Gasteiger charge is 2.29. The molecule has 40 heavy (non-hydrogen) atoms. The van der Waals surface area contributed by atoms with Crippen LogP contribution in [0.5, 0.6) is 0 Å². The molecule has 13 heteroatoms. The lowest BCUT2D eigenvalue weighted by Crippen LogP contribution is -2.27. The third kappa shape index (κ3) is 3.76. The summed E-state index contributed by atoms with van der Waals surface area (Å²) in [7, 11) is -1.76. The molecule has 5 heterocycles. The van der Waals surface area contributed by atoms with Crippen molar-refractivity contribution in [1.82, 2.24) is 32.3 Å². The molecule has 0 saturated heterocycles. The number of hydrogen-bond acceptors (Lipinski definition) is 6. The molecule has 0 atom stereocenters. The lowest BCUT2D eigenvalue weighted by molar-refractivity contribution is 0.593. The smallest absolute Gasteiger partial charge is 0.335 e. The molecule has 1 aliphatic carbocycles. The fraction of sp³-hybridized carbons (Fsp3) is 0.259. The Balaban J connectivity index is 1.56. The molecule has 0 bridgehead atoms. The van der Waals surface area contributed by atoms with E-state index in [1.807, 2.05) is 11.6 Å². The zero-order chi connectivity index (χ0) is 27.9. The number of halogens is 1. The van der Waals surface area contributed by atoms with Gasteiger partial charge in [-0.3, -0.25) is 13.6 Å². The molecule has 0 aliphatic heterocycles. The number of rotatable bonds is 6. The van der Waals surface area contributed by atoms with Gasteiger partial charge in [0.25, 0.3) is 0 Å². The van der Waals surface area contributed by atoms with Gasteiger partial charge in [-0.15, -0.1) is 0 Å². The maximum absolute atomic E-state index is 13.5. The molecular formula is C27H23ClN8O3S. The molecule has 0 spiro atoms. The van der Waals surface area contributed by atoms with E-state index in [4.69, 9.17) is 16.7 Å². The summed E-state index contributed by atoms with van der Waals surface area (Å²) in [6.45, 7) is 0.723. The van der Waals surface area contributed by atoms with E-state index in [1.165, 1.54) is 8.37 Å². The average Bonchev–Trinajstić information content (AvgIpc) is 3.22. The molecule has 1 aliphatic rings. The maximum Gasteiger partial charge on any atom is 0.335 e. The summed E-state index contributed by atoms with van der Waals surface area (Å²) in [5.41, 5.74) is 3.80. The number of nitrogens with zero attached hydrogens (tertiary/aromatic N) is 8. The van der Waals surface area contributed by atoms with Crippen LogP contribution >= 0.6 is 11.6 Å². The van der Waals surface area contributed by atoms with E-state index in [9.17, 15) is 18.5 Å². The van der Waals surface area contributed by atoms with Crippen molar-refractivity contribution in [2.75, 3.05) is 6.26 Å². The molecule has 1 aromatic carbocycles. The first-order chi connectivity index (χ1) is 19.1. The van der Waals surface area contributed by atoms with Crippen LogP contribution in [-0.2, 0) is 30.2 Å². The van der Waals surface area contributed by atoms with Crippen LogP contribution in [-0.4, -0.2) is 46.9 Å². The SMILES string of the molecule is Cn1cc(C#N)cc1-c1c2c(nn1Cc1cn(S(C)(=O)=O)c3ccc(Cl)cc13)n(CC1CC1)c(=O)n1ccnc21. The Labute approximate surface area is 233 Å². The number of nitriles is 1. The highest BCUT2D eigenvalue weighted by atomic mass is 35.5. The minimum Gasteiger partial charge on any atom is -0.348 e. The summed E-state index contributed by atoms with van der Waals surface area (Å²) in [5, 5.41) is 16.4. The standard InChI is InChI=1S/C27H23ClN8O3S/c1-32-12-17(11-29)9-22(32)24-23-25-30-7-8-33(25)27(37)34(13-16-3-4-16)26(23)31-35(24)14-18-15-36(40(2,38)39)21-6-5-19(28)10-20(18)21/h5-10,12,15-16H,3-4,13-14H2,1-2H3. The lowest BCUT2D eigenvalue weighted by atomic mass is 10.1. The summed E-state index contributed by atoms with van der Waals surface area (Å²) < 4.78 is 33.4. The van der Waals surface area contributed by atoms with Crippen molar-refractivity contribution in [3.05, 3.63) is 75.7 Å². The van der Waals surface area contributed by atoms with Crippen LogP contribution in [0.25, 0.3) is 39.0 Å². The van der Waals surface area contributed by atoms with Crippen LogP contribution in [0.3, 0.4) is 0 Å². The van der Waals surface area contributed by atoms with Crippen LogP contribution < -0.4 is 5.69 Å². The fourth-order valence-electron chi connectivity index (χ4n) is 5.47. The highest BCUT2D eigenvalue weighted by Crippen LogP contribution is 2.36. The van der Waals surface area contributed by atoms with E-state index in [-0.39, 0.29) is 12.2 Å². The average molecular weight is 575 g/mol. The Morgan fingerprint density at radius 1 is 1.18 bits per heavy atom. The quantitative estimate of drug-likeness (QED) is 0.299. The number of aromatic nitrogens is 7. The lowest BCUT2D eigenvalue weighted by Gasteiger charge is -2.09. The third-order valence-electron chi connectivity index (χ3n) is 7.50. The summed E-state index contributed by atoms with van der Waals surface area (Å²) in [4.78, 5) is 18.1. The van der Waals surface area contributed by atoms with Gasteiger partial charge < -0.3 is 4.57 Å². The minimum absolute atomic E-state index is 0.181. The minimum atomic E-state index is -3.60. The first-order valence-electron chi connectivity index (χ1n) is 12.7. The second kappa shape index (κ2) is 8.58. The van der Waals surface area contributed by atoms with Crippen molar-refractivity contribution < 1.29 is 8.42 Å². The van der Waals surface area contributed by atoms with Crippen LogP contribution in [0.4, 0.5) is 0 Å². The molecule has 7 rings (SSSR count). The molecular weight excluding hydrogens is 552 g/mol. The van der Waals surface area contributed by atoms with Crippen molar-refractivity contribution >= 4 is 49.2 Å². The zero-order valence-electron chi connectivity index (χ0n) is 21.6. The van der Waals surface area contributed by atoms with Gasteiger partial charge in [0.2, 0.25) is 10.0 Å². The molecule has 1 fully saturated rings. The topological polar surface area (TPSA) is 125 Å². The van der Waals surface area contributed by atoms with Gasteiger partial charge >= 0.3 is 5.69 Å². The zero-order valence-corrected chi connectivity index (χ0v) is 23.2. The van der Waals surface area contributed by atoms with E-state index in [0.717, 1.165) is 19.1 Å². The Bertz CT molecular complexity index is 2220. The molecule has 11 nitrogen and oxygen atoms in total. The van der Waals surface area contributed by atoms with E-state index in [0.29, 0.717) is 67.6 Å². The monoisotopic (exact) mass is 574 g/mol. The molecule has 5 aromatic heterocycles. The summed E-state index contributed by atoms with van der Waals surface area (Å²) in [5.74, 6) is 0.408. The first kappa shape index (κ1) is 24.7. The largest absolute Gasteiger partial charge is 0.348 e. The van der Waals surface area contributed by atoms with Gasteiger partial charge in [-0.1, -0.05) is 11.6 Å². The third-order valence-corrected chi connectivity index (χ3v) is 8.75. The van der Waals surface area contributed by atoms with Gasteiger partial charge in [-0.05, 0) is 43.0 Å². The normalized spacial score (nSPS) is 14.1. The Morgan fingerprint density at radius 3 is 2.67 bits per heavy atom. The number of imidazole rings is 1. The predicted molar refractivity (Wildman–Crippen MR) is 151 cm³/mol. The Hall–Kier alpha value is -4.34. The Morgan fingerprint density at radius 2 is 1.98 bits per heavy atom. The van der Waals surface area contributed by atoms with E-state index >= 15 is 0 Å². The number of aryl methyl sites for hydroxylation is 1. The second-order valence-electron chi connectivity index (χ2n) is 10.4. The van der Waals surface area contributed by atoms with Gasteiger partial charge in [0, 0.05) is 54.4 Å². The molecule has 0 amide bonds. The number of hydrogen-bond donors (Lipinski definition) is 0. The van der Waals surface area contributed by atoms with Crippen molar-refractivity contribution in [2.45, 2.75) is 25.9 Å². The summed E-state index contributed by atoms with van der Waals surface area (Å²) in [6, 6.07) is 9.05. The van der Waals surface area contributed by atoms with Crippen molar-refractivity contribution in [3.63, 3.8) is 0 Å². The molecule has 6 aromatic rings. The molecule has 0 unspecified atom stereocenters. The van der Waals surface area contributed by atoms with Crippen LogP contribution in [0.1, 0.15) is 24.0 Å². The molecule has 0 radical (unpaired) electrons. The van der Waals surface area contributed by atoms with E-state index in [2.05, 4.69) is 11.1 Å². The van der Waals surface area contributed by atoms with E-state index < -0.39 is 10.0 Å². The van der Waals surface area contributed by atoms with Crippen molar-refractivity contribution in [3.8, 4) is 17.5 Å².